The maximum atomic E-state index is 4.41. The van der Waals surface area contributed by atoms with Gasteiger partial charge in [0.2, 0.25) is 5.95 Å². The van der Waals surface area contributed by atoms with Crippen LogP contribution in [0.1, 0.15) is 30.7 Å². The Morgan fingerprint density at radius 2 is 1.61 bits per heavy atom. The summed E-state index contributed by atoms with van der Waals surface area (Å²) >= 11 is 1.77. The Labute approximate surface area is 141 Å². The van der Waals surface area contributed by atoms with Crippen LogP contribution >= 0.6 is 11.3 Å². The van der Waals surface area contributed by atoms with Gasteiger partial charge in [-0.3, -0.25) is 4.90 Å². The lowest BCUT2D eigenvalue weighted by molar-refractivity contribution is 0.0755. The third-order valence-electron chi connectivity index (χ3n) is 5.42. The van der Waals surface area contributed by atoms with Gasteiger partial charge in [0.1, 0.15) is 5.01 Å². The van der Waals surface area contributed by atoms with Crippen LogP contribution in [0.2, 0.25) is 0 Å². The monoisotopic (exact) mass is 329 g/mol. The molecule has 2 aromatic heterocycles. The zero-order valence-corrected chi connectivity index (χ0v) is 14.2. The van der Waals surface area contributed by atoms with Gasteiger partial charge in [-0.1, -0.05) is 0 Å². The minimum atomic E-state index is 0.546. The highest BCUT2D eigenvalue weighted by atomic mass is 32.1. The normalized spacial score (nSPS) is 21.7. The number of thiazole rings is 1. The van der Waals surface area contributed by atoms with E-state index in [2.05, 4.69) is 30.1 Å². The van der Waals surface area contributed by atoms with Gasteiger partial charge in [-0.05, 0) is 50.3 Å². The van der Waals surface area contributed by atoms with E-state index in [-0.39, 0.29) is 0 Å². The third-order valence-corrected chi connectivity index (χ3v) is 6.18. The lowest BCUT2D eigenvalue weighted by Crippen LogP contribution is -2.47. The van der Waals surface area contributed by atoms with Crippen molar-refractivity contribution < 1.29 is 0 Å². The highest BCUT2D eigenvalue weighted by Crippen LogP contribution is 2.41. The maximum absolute atomic E-state index is 4.41. The Balaban J connectivity index is 1.30. The Kier molecular flexibility index (Phi) is 4.27. The summed E-state index contributed by atoms with van der Waals surface area (Å²) in [6, 6.07) is 1.88. The van der Waals surface area contributed by atoms with E-state index in [9.17, 15) is 0 Å². The van der Waals surface area contributed by atoms with Gasteiger partial charge in [0.15, 0.2) is 0 Å². The molecule has 0 atom stereocenters. The van der Waals surface area contributed by atoms with Crippen molar-refractivity contribution in [2.45, 2.75) is 32.2 Å². The van der Waals surface area contributed by atoms with Crippen molar-refractivity contribution in [3.8, 4) is 0 Å². The second-order valence-corrected chi connectivity index (χ2v) is 7.72. The molecule has 4 heterocycles. The number of rotatable bonds is 3. The van der Waals surface area contributed by atoms with Crippen molar-refractivity contribution in [3.63, 3.8) is 0 Å². The molecule has 0 N–H and O–H groups in total. The van der Waals surface area contributed by atoms with Crippen LogP contribution in [0, 0.1) is 5.41 Å². The van der Waals surface area contributed by atoms with Gasteiger partial charge in [0.05, 0.1) is 6.54 Å². The van der Waals surface area contributed by atoms with E-state index in [4.69, 9.17) is 0 Å². The van der Waals surface area contributed by atoms with Gasteiger partial charge in [0, 0.05) is 37.1 Å². The van der Waals surface area contributed by atoms with E-state index < -0.39 is 0 Å². The number of hydrogen-bond acceptors (Lipinski definition) is 6. The number of aromatic nitrogens is 3. The second-order valence-electron chi connectivity index (χ2n) is 6.74. The van der Waals surface area contributed by atoms with Crippen molar-refractivity contribution in [2.75, 3.05) is 31.1 Å². The molecule has 0 aliphatic carbocycles. The zero-order valence-electron chi connectivity index (χ0n) is 13.4. The molecule has 4 rings (SSSR count). The molecule has 2 aliphatic heterocycles. The van der Waals surface area contributed by atoms with Crippen LogP contribution in [0.3, 0.4) is 0 Å². The van der Waals surface area contributed by atoms with Crippen molar-refractivity contribution in [2.24, 2.45) is 5.41 Å². The molecular weight excluding hydrogens is 306 g/mol. The summed E-state index contributed by atoms with van der Waals surface area (Å²) in [6.45, 7) is 5.63. The predicted molar refractivity (Wildman–Crippen MR) is 92.5 cm³/mol. The molecule has 5 nitrogen and oxygen atoms in total. The standard InChI is InChI=1S/C17H23N5S/c1-6-19-16(20-7-1)22-11-4-17(5-12-22)2-9-21(10-3-17)14-15-18-8-13-23-15/h1,6-8,13H,2-5,9-12,14H2. The van der Waals surface area contributed by atoms with Crippen LogP contribution in [0.5, 0.6) is 0 Å². The molecule has 2 fully saturated rings. The maximum Gasteiger partial charge on any atom is 0.225 e. The van der Waals surface area contributed by atoms with Gasteiger partial charge in [0.25, 0.3) is 0 Å². The Hall–Kier alpha value is -1.53. The van der Waals surface area contributed by atoms with E-state index in [1.54, 1.807) is 11.3 Å². The van der Waals surface area contributed by atoms with Crippen LogP contribution in [0.15, 0.2) is 30.0 Å². The topological polar surface area (TPSA) is 45.2 Å². The van der Waals surface area contributed by atoms with E-state index >= 15 is 0 Å². The average molecular weight is 329 g/mol. The predicted octanol–water partition coefficient (Wildman–Crippen LogP) is 2.82. The SMILES string of the molecule is c1cnc(N2CCC3(CCN(Cc4nccs4)CC3)CC2)nc1. The van der Waals surface area contributed by atoms with E-state index in [1.165, 1.54) is 43.8 Å². The van der Waals surface area contributed by atoms with Crippen molar-refractivity contribution in [1.82, 2.24) is 19.9 Å². The van der Waals surface area contributed by atoms with Crippen LogP contribution in [0.4, 0.5) is 5.95 Å². The molecule has 2 aliphatic rings. The lowest BCUT2D eigenvalue weighted by Gasteiger charge is -2.46. The number of hydrogen-bond donors (Lipinski definition) is 0. The molecule has 0 radical (unpaired) electrons. The number of anilines is 1. The molecule has 1 spiro atoms. The summed E-state index contributed by atoms with van der Waals surface area (Å²) < 4.78 is 0. The Bertz CT molecular complexity index is 597. The Morgan fingerprint density at radius 1 is 0.913 bits per heavy atom. The van der Waals surface area contributed by atoms with Crippen molar-refractivity contribution in [3.05, 3.63) is 35.0 Å². The van der Waals surface area contributed by atoms with Crippen LogP contribution < -0.4 is 4.90 Å². The van der Waals surface area contributed by atoms with Crippen molar-refractivity contribution in [1.29, 1.82) is 0 Å². The molecule has 0 aromatic carbocycles. The first-order valence-corrected chi connectivity index (χ1v) is 9.34. The molecule has 0 unspecified atom stereocenters. The second kappa shape index (κ2) is 6.53. The van der Waals surface area contributed by atoms with E-state index in [0.29, 0.717) is 5.41 Å². The Morgan fingerprint density at radius 3 is 2.26 bits per heavy atom. The zero-order chi connectivity index (χ0) is 15.5. The number of nitrogens with zero attached hydrogens (tertiary/aromatic N) is 5. The summed E-state index contributed by atoms with van der Waals surface area (Å²) in [5, 5.41) is 3.32. The fraction of sp³-hybridized carbons (Fsp3) is 0.588. The highest BCUT2D eigenvalue weighted by Gasteiger charge is 2.38. The summed E-state index contributed by atoms with van der Waals surface area (Å²) in [4.78, 5) is 18.1. The van der Waals surface area contributed by atoms with Gasteiger partial charge in [-0.25, -0.2) is 15.0 Å². The molecule has 0 bridgehead atoms. The molecule has 23 heavy (non-hydrogen) atoms. The molecule has 2 aromatic rings. The first-order valence-electron chi connectivity index (χ1n) is 8.46. The summed E-state index contributed by atoms with van der Waals surface area (Å²) in [5.41, 5.74) is 0.546. The minimum Gasteiger partial charge on any atom is -0.341 e. The van der Waals surface area contributed by atoms with Gasteiger partial charge in [-0.15, -0.1) is 11.3 Å². The summed E-state index contributed by atoms with van der Waals surface area (Å²) in [5.74, 6) is 0.892. The molecular formula is C17H23N5S. The molecule has 122 valence electrons. The minimum absolute atomic E-state index is 0.546. The molecule has 0 amide bonds. The smallest absolute Gasteiger partial charge is 0.225 e. The molecule has 6 heteroatoms. The van der Waals surface area contributed by atoms with Crippen LogP contribution in [0.25, 0.3) is 0 Å². The molecule has 2 saturated heterocycles. The largest absolute Gasteiger partial charge is 0.341 e. The van der Waals surface area contributed by atoms with Gasteiger partial charge in [-0.2, -0.15) is 0 Å². The first kappa shape index (κ1) is 15.0. The average Bonchev–Trinajstić information content (AvgIpc) is 3.12. The first-order chi connectivity index (χ1) is 11.3. The highest BCUT2D eigenvalue weighted by molar-refractivity contribution is 7.09. The summed E-state index contributed by atoms with van der Waals surface area (Å²) in [6.07, 6.45) is 10.8. The summed E-state index contributed by atoms with van der Waals surface area (Å²) in [7, 11) is 0. The quantitative estimate of drug-likeness (QED) is 0.866. The van der Waals surface area contributed by atoms with Crippen molar-refractivity contribution >= 4 is 17.3 Å². The van der Waals surface area contributed by atoms with Gasteiger partial charge < -0.3 is 4.90 Å². The van der Waals surface area contributed by atoms with Crippen LogP contribution in [-0.2, 0) is 6.54 Å². The number of piperidine rings is 2. The number of likely N-dealkylation sites (tertiary alicyclic amines) is 1. The van der Waals surface area contributed by atoms with E-state index in [1.807, 2.05) is 24.7 Å². The fourth-order valence-electron chi connectivity index (χ4n) is 3.84. The lowest BCUT2D eigenvalue weighted by atomic mass is 9.71. The third kappa shape index (κ3) is 3.38. The van der Waals surface area contributed by atoms with E-state index in [0.717, 1.165) is 25.6 Å². The molecule has 0 saturated carbocycles. The van der Waals surface area contributed by atoms with Crippen LogP contribution in [-0.4, -0.2) is 46.0 Å². The fourth-order valence-corrected chi connectivity index (χ4v) is 4.50. The van der Waals surface area contributed by atoms with Gasteiger partial charge >= 0.3 is 0 Å².